The maximum absolute atomic E-state index is 6.04. The van der Waals surface area contributed by atoms with Gasteiger partial charge >= 0.3 is 7.12 Å². The van der Waals surface area contributed by atoms with Gasteiger partial charge in [-0.2, -0.15) is 0 Å². The van der Waals surface area contributed by atoms with Crippen LogP contribution >= 0.6 is 0 Å². The van der Waals surface area contributed by atoms with Gasteiger partial charge in [-0.05, 0) is 38.1 Å². The minimum Gasteiger partial charge on any atom is -0.533 e. The zero-order valence-corrected chi connectivity index (χ0v) is 16.2. The van der Waals surface area contributed by atoms with E-state index in [2.05, 4.69) is 46.3 Å². The number of fused-ring (bicyclic) bond motifs is 8. The van der Waals surface area contributed by atoms with Crippen molar-refractivity contribution in [3.63, 3.8) is 0 Å². The van der Waals surface area contributed by atoms with Crippen LogP contribution in [0.2, 0.25) is 0 Å². The minimum absolute atomic E-state index is 0.540. The third-order valence-electron chi connectivity index (χ3n) is 5.73. The number of hydrogen-bond donors (Lipinski definition) is 0. The van der Waals surface area contributed by atoms with Gasteiger partial charge in [0.05, 0.1) is 27.9 Å². The summed E-state index contributed by atoms with van der Waals surface area (Å²) in [4.78, 5) is 9.61. The van der Waals surface area contributed by atoms with Crippen LogP contribution in [0.15, 0.2) is 73.1 Å². The smallest absolute Gasteiger partial charge is 0.533 e. The molecule has 140 valence electrons. The monoisotopic (exact) mass is 379 g/mol. The molecule has 0 bridgehead atoms. The van der Waals surface area contributed by atoms with Gasteiger partial charge in [-0.3, -0.25) is 9.38 Å². The first-order valence-corrected chi connectivity index (χ1v) is 9.64. The minimum atomic E-state index is -0.571. The van der Waals surface area contributed by atoms with E-state index >= 15 is 0 Å². The van der Waals surface area contributed by atoms with E-state index < -0.39 is 12.7 Å². The van der Waals surface area contributed by atoms with E-state index in [0.717, 1.165) is 38.4 Å². The van der Waals surface area contributed by atoms with Crippen LogP contribution in [0.25, 0.3) is 38.4 Å². The first kappa shape index (κ1) is 16.6. The maximum Gasteiger partial charge on any atom is 0.583 e. The Morgan fingerprint density at radius 3 is 2.52 bits per heavy atom. The molecule has 0 spiro atoms. The van der Waals surface area contributed by atoms with Crippen molar-refractivity contribution in [1.29, 1.82) is 0 Å². The van der Waals surface area contributed by atoms with Crippen LogP contribution in [0.4, 0.5) is 0 Å². The van der Waals surface area contributed by atoms with Crippen LogP contribution in [0.3, 0.4) is 0 Å². The molecule has 5 aromatic rings. The molecule has 0 aliphatic carbocycles. The van der Waals surface area contributed by atoms with Crippen molar-refractivity contribution >= 4 is 51.1 Å². The van der Waals surface area contributed by atoms with Gasteiger partial charge in [-0.15, -0.1) is 0 Å². The Kier molecular flexibility index (Phi) is 3.19. The van der Waals surface area contributed by atoms with E-state index in [1.54, 1.807) is 0 Å². The normalized spacial score (nSPS) is 16.3. The van der Waals surface area contributed by atoms with E-state index in [0.29, 0.717) is 11.4 Å². The fourth-order valence-corrected chi connectivity index (χ4v) is 4.10. The zero-order valence-electron chi connectivity index (χ0n) is 16.2. The van der Waals surface area contributed by atoms with Gasteiger partial charge in [0.25, 0.3) is 0 Å². The van der Waals surface area contributed by atoms with Gasteiger partial charge in [0.15, 0.2) is 0 Å². The molecular formula is C23H18BN3O2. The van der Waals surface area contributed by atoms with Gasteiger partial charge in [0.1, 0.15) is 11.2 Å². The Labute approximate surface area is 167 Å². The van der Waals surface area contributed by atoms with E-state index in [1.165, 1.54) is 0 Å². The molecule has 1 saturated heterocycles. The van der Waals surface area contributed by atoms with E-state index in [4.69, 9.17) is 14.3 Å². The molecule has 3 aromatic heterocycles. The number of nitrogens with zero attached hydrogens (tertiary/aromatic N) is 3. The van der Waals surface area contributed by atoms with Crippen LogP contribution in [0.1, 0.15) is 13.8 Å². The molecule has 0 N–H and O–H groups in total. The van der Waals surface area contributed by atoms with E-state index in [-0.39, 0.29) is 0 Å². The van der Waals surface area contributed by atoms with Gasteiger partial charge < -0.3 is 9.31 Å². The lowest BCUT2D eigenvalue weighted by Crippen LogP contribution is -2.36. The highest BCUT2D eigenvalue weighted by molar-refractivity contribution is 6.61. The van der Waals surface area contributed by atoms with Gasteiger partial charge in [0.2, 0.25) is 0 Å². The number of benzene rings is 2. The molecule has 29 heavy (non-hydrogen) atoms. The topological polar surface area (TPSA) is 48.7 Å². The summed E-state index contributed by atoms with van der Waals surface area (Å²) >= 11 is 0. The molecule has 1 aliphatic rings. The molecule has 1 aliphatic heterocycles. The highest BCUT2D eigenvalue weighted by atomic mass is 16.7. The summed E-state index contributed by atoms with van der Waals surface area (Å²) in [6.07, 6.45) is 1.90. The predicted octanol–water partition coefficient (Wildman–Crippen LogP) is 4.22. The number of hydrogen-bond acceptors (Lipinski definition) is 4. The fourth-order valence-electron chi connectivity index (χ4n) is 4.10. The van der Waals surface area contributed by atoms with E-state index in [9.17, 15) is 0 Å². The number of aromatic nitrogens is 3. The molecule has 0 saturated carbocycles. The molecule has 2 aromatic carbocycles. The largest absolute Gasteiger partial charge is 0.583 e. The van der Waals surface area contributed by atoms with Crippen molar-refractivity contribution in [1.82, 2.24) is 14.4 Å². The van der Waals surface area contributed by atoms with Crippen molar-refractivity contribution in [2.24, 2.45) is 0 Å². The van der Waals surface area contributed by atoms with Crippen molar-refractivity contribution in [3.05, 3.63) is 73.1 Å². The molecule has 0 radical (unpaired) electrons. The summed E-state index contributed by atoms with van der Waals surface area (Å²) in [5.74, 6) is 0.611. The Balaban J connectivity index is 1.71. The van der Waals surface area contributed by atoms with Crippen LogP contribution < -0.4 is 5.59 Å². The molecule has 0 atom stereocenters. The van der Waals surface area contributed by atoms with E-state index in [1.807, 2.05) is 44.3 Å². The van der Waals surface area contributed by atoms with Crippen LogP contribution in [-0.2, 0) is 9.31 Å². The second kappa shape index (κ2) is 5.58. The van der Waals surface area contributed by atoms with Gasteiger partial charge in [-0.25, -0.2) is 4.98 Å². The first-order valence-electron chi connectivity index (χ1n) is 9.64. The fraction of sp³-hybridized carbons (Fsp3) is 0.130. The standard InChI is InChI=1S/C23H18BN3O2/c1-14-23(2,3)29-24(28-14)21-12-16-17(13-25-21)15-8-4-6-10-19(15)27-20-11-7-5-9-18(20)26-22(16)27/h4-13H,1H2,2-3H3. The third-order valence-corrected chi connectivity index (χ3v) is 5.73. The van der Waals surface area contributed by atoms with Crippen molar-refractivity contribution in [2.75, 3.05) is 0 Å². The predicted molar refractivity (Wildman–Crippen MR) is 116 cm³/mol. The highest BCUT2D eigenvalue weighted by Gasteiger charge is 2.43. The zero-order chi connectivity index (χ0) is 19.8. The molecule has 0 amide bonds. The molecule has 5 nitrogen and oxygen atoms in total. The molecule has 0 unspecified atom stereocenters. The van der Waals surface area contributed by atoms with Crippen LogP contribution in [-0.4, -0.2) is 27.1 Å². The summed E-state index contributed by atoms with van der Waals surface area (Å²) in [7, 11) is -0.571. The molecular weight excluding hydrogens is 361 g/mol. The maximum atomic E-state index is 6.04. The molecule has 6 heteroatoms. The average Bonchev–Trinajstić information content (AvgIpc) is 3.25. The highest BCUT2D eigenvalue weighted by Crippen LogP contribution is 2.33. The molecule has 1 fully saturated rings. The number of pyridine rings is 2. The average molecular weight is 379 g/mol. The Morgan fingerprint density at radius 1 is 0.966 bits per heavy atom. The summed E-state index contributed by atoms with van der Waals surface area (Å²) < 4.78 is 14.1. The lowest BCUT2D eigenvalue weighted by Gasteiger charge is -2.15. The summed E-state index contributed by atoms with van der Waals surface area (Å²) in [6.45, 7) is 7.87. The summed E-state index contributed by atoms with van der Waals surface area (Å²) in [5.41, 5.74) is 4.24. The van der Waals surface area contributed by atoms with Crippen molar-refractivity contribution < 1.29 is 9.31 Å². The van der Waals surface area contributed by atoms with Crippen molar-refractivity contribution in [2.45, 2.75) is 19.4 Å². The Bertz CT molecular complexity index is 1470. The number of rotatable bonds is 1. The van der Waals surface area contributed by atoms with Gasteiger partial charge in [0, 0.05) is 22.4 Å². The first-order chi connectivity index (χ1) is 14.0. The lowest BCUT2D eigenvalue weighted by molar-refractivity contribution is 0.173. The second-order valence-corrected chi connectivity index (χ2v) is 7.93. The second-order valence-electron chi connectivity index (χ2n) is 7.93. The number of imidazole rings is 1. The van der Waals surface area contributed by atoms with Crippen molar-refractivity contribution in [3.8, 4) is 0 Å². The van der Waals surface area contributed by atoms with Crippen LogP contribution in [0, 0.1) is 0 Å². The summed E-state index contributed by atoms with van der Waals surface area (Å²) in [5, 5.41) is 3.21. The SMILES string of the molecule is C=C1OB(c2cc3c(cn2)c2ccccc2n2c4ccccc4nc32)OC1(C)C. The molecule has 4 heterocycles. The lowest BCUT2D eigenvalue weighted by atomic mass is 9.83. The Morgan fingerprint density at radius 2 is 1.72 bits per heavy atom. The third kappa shape index (κ3) is 2.26. The number of para-hydroxylation sites is 3. The van der Waals surface area contributed by atoms with Crippen LogP contribution in [0.5, 0.6) is 0 Å². The van der Waals surface area contributed by atoms with Gasteiger partial charge in [-0.1, -0.05) is 36.9 Å². The molecule has 6 rings (SSSR count). The Hall–Kier alpha value is -3.38. The quantitative estimate of drug-likeness (QED) is 0.323. The summed E-state index contributed by atoms with van der Waals surface area (Å²) in [6, 6.07) is 18.6.